The largest absolute Gasteiger partial charge is 0.494 e. The molecule has 0 amide bonds. The van der Waals surface area contributed by atoms with Crippen LogP contribution in [0.5, 0.6) is 5.88 Å². The lowest BCUT2D eigenvalue weighted by molar-refractivity contribution is 0.414. The van der Waals surface area contributed by atoms with Gasteiger partial charge in [-0.2, -0.15) is 8.42 Å². The number of rotatable bonds is 2. The number of aromatic hydroxyl groups is 1. The molecule has 0 radical (unpaired) electrons. The van der Waals surface area contributed by atoms with Crippen LogP contribution in [0.1, 0.15) is 11.1 Å². The summed E-state index contributed by atoms with van der Waals surface area (Å²) in [7, 11) is -2.92. The molecule has 2 N–H and O–H groups in total. The minimum atomic E-state index is -4.23. The molecule has 1 rings (SSSR count). The molecule has 1 aromatic heterocycles. The zero-order valence-electron chi connectivity index (χ0n) is 8.26. The highest BCUT2D eigenvalue weighted by Crippen LogP contribution is 2.19. The van der Waals surface area contributed by atoms with Crippen LogP contribution in [0.15, 0.2) is 10.9 Å². The summed E-state index contributed by atoms with van der Waals surface area (Å²) in [6, 6.07) is 1.19. The number of pyridine rings is 1. The molecule has 0 bridgehead atoms. The first-order valence-electron chi connectivity index (χ1n) is 4.06. The van der Waals surface area contributed by atoms with Crippen LogP contribution in [0.25, 0.3) is 0 Å². The summed E-state index contributed by atoms with van der Waals surface area (Å²) in [5.74, 6) is -1.16. The maximum absolute atomic E-state index is 11.2. The second kappa shape index (κ2) is 3.67. The average molecular weight is 233 g/mol. The third-order valence-corrected chi connectivity index (χ3v) is 2.71. The molecule has 7 heteroatoms. The fourth-order valence-corrected chi connectivity index (χ4v) is 1.93. The van der Waals surface area contributed by atoms with E-state index >= 15 is 0 Å². The fraction of sp³-hybridized carbons (Fsp3) is 0.375. The lowest BCUT2D eigenvalue weighted by Crippen LogP contribution is -2.19. The Hall–Kier alpha value is -1.34. The van der Waals surface area contributed by atoms with Crippen LogP contribution in [-0.4, -0.2) is 22.6 Å². The van der Waals surface area contributed by atoms with E-state index < -0.39 is 27.3 Å². The van der Waals surface area contributed by atoms with Crippen LogP contribution in [0.2, 0.25) is 0 Å². The van der Waals surface area contributed by atoms with Crippen molar-refractivity contribution >= 4 is 10.1 Å². The van der Waals surface area contributed by atoms with E-state index in [9.17, 15) is 18.3 Å². The zero-order valence-corrected chi connectivity index (χ0v) is 9.08. The number of aryl methyl sites for hydroxylation is 1. The molecule has 0 unspecified atom stereocenters. The van der Waals surface area contributed by atoms with Gasteiger partial charge in [0.15, 0.2) is 5.88 Å². The smallest absolute Gasteiger partial charge is 0.269 e. The highest BCUT2D eigenvalue weighted by Gasteiger charge is 2.16. The Morgan fingerprint density at radius 3 is 2.47 bits per heavy atom. The van der Waals surface area contributed by atoms with E-state index in [4.69, 9.17) is 4.55 Å². The lowest BCUT2D eigenvalue weighted by atomic mass is 10.2. The molecular weight excluding hydrogens is 222 g/mol. The number of hydrogen-bond donors (Lipinski definition) is 2. The van der Waals surface area contributed by atoms with E-state index in [0.29, 0.717) is 5.56 Å². The van der Waals surface area contributed by atoms with E-state index in [0.717, 1.165) is 4.57 Å². The van der Waals surface area contributed by atoms with Crippen molar-refractivity contribution < 1.29 is 18.1 Å². The van der Waals surface area contributed by atoms with Crippen molar-refractivity contribution in [2.24, 2.45) is 7.05 Å². The molecule has 6 nitrogen and oxygen atoms in total. The SMILES string of the molecule is Cc1cc(=O)n(C)c(O)c1CS(=O)(=O)O. The molecule has 0 fully saturated rings. The van der Waals surface area contributed by atoms with Gasteiger partial charge in [-0.05, 0) is 12.5 Å². The Kier molecular flexibility index (Phi) is 2.87. The van der Waals surface area contributed by atoms with Crippen LogP contribution < -0.4 is 5.56 Å². The van der Waals surface area contributed by atoms with Gasteiger partial charge in [0.05, 0.1) is 0 Å². The van der Waals surface area contributed by atoms with Gasteiger partial charge in [0.1, 0.15) is 5.75 Å². The zero-order chi connectivity index (χ0) is 11.8. The summed E-state index contributed by atoms with van der Waals surface area (Å²) in [6.45, 7) is 1.49. The monoisotopic (exact) mass is 233 g/mol. The minimum absolute atomic E-state index is 0.0274. The van der Waals surface area contributed by atoms with Gasteiger partial charge in [0.2, 0.25) is 0 Å². The third-order valence-electron chi connectivity index (χ3n) is 2.06. The predicted molar refractivity (Wildman–Crippen MR) is 53.3 cm³/mol. The van der Waals surface area contributed by atoms with Crippen molar-refractivity contribution in [1.29, 1.82) is 0 Å². The summed E-state index contributed by atoms with van der Waals surface area (Å²) < 4.78 is 30.9. The van der Waals surface area contributed by atoms with Crippen molar-refractivity contribution in [3.8, 4) is 5.88 Å². The maximum atomic E-state index is 11.2. The number of nitrogens with zero attached hydrogens (tertiary/aromatic N) is 1. The van der Waals surface area contributed by atoms with Crippen molar-refractivity contribution in [3.05, 3.63) is 27.5 Å². The second-order valence-electron chi connectivity index (χ2n) is 3.25. The normalized spacial score (nSPS) is 11.7. The Bertz CT molecular complexity index is 543. The highest BCUT2D eigenvalue weighted by atomic mass is 32.2. The first kappa shape index (κ1) is 11.7. The molecule has 0 atom stereocenters. The molecule has 15 heavy (non-hydrogen) atoms. The Morgan fingerprint density at radius 2 is 2.00 bits per heavy atom. The standard InChI is InChI=1S/C8H11NO5S/c1-5-3-7(10)9(2)8(11)6(5)4-15(12,13)14/h3,11H,4H2,1-2H3,(H,12,13,14). The first-order chi connectivity index (χ1) is 6.72. The molecule has 0 aliphatic rings. The van der Waals surface area contributed by atoms with Crippen molar-refractivity contribution in [1.82, 2.24) is 4.57 Å². The molecule has 0 aliphatic carbocycles. The first-order valence-corrected chi connectivity index (χ1v) is 5.67. The lowest BCUT2D eigenvalue weighted by Gasteiger charge is -2.09. The van der Waals surface area contributed by atoms with Crippen molar-refractivity contribution in [2.75, 3.05) is 0 Å². The Balaban J connectivity index is 3.43. The van der Waals surface area contributed by atoms with Gasteiger partial charge < -0.3 is 5.11 Å². The van der Waals surface area contributed by atoms with E-state index in [1.165, 1.54) is 20.0 Å². The average Bonchev–Trinajstić information content (AvgIpc) is 2.07. The molecule has 0 saturated heterocycles. The second-order valence-corrected chi connectivity index (χ2v) is 4.71. The van der Waals surface area contributed by atoms with E-state index in [1.807, 2.05) is 0 Å². The summed E-state index contributed by atoms with van der Waals surface area (Å²) >= 11 is 0. The highest BCUT2D eigenvalue weighted by molar-refractivity contribution is 7.85. The quantitative estimate of drug-likeness (QED) is 0.689. The molecule has 0 saturated carbocycles. The van der Waals surface area contributed by atoms with Gasteiger partial charge in [0, 0.05) is 18.7 Å². The topological polar surface area (TPSA) is 96.6 Å². The minimum Gasteiger partial charge on any atom is -0.494 e. The molecule has 84 valence electrons. The van der Waals surface area contributed by atoms with Gasteiger partial charge in [-0.1, -0.05) is 0 Å². The summed E-state index contributed by atoms with van der Waals surface area (Å²) in [5.41, 5.74) is -0.0862. The van der Waals surface area contributed by atoms with E-state index in [1.54, 1.807) is 0 Å². The summed E-state index contributed by atoms with van der Waals surface area (Å²) in [5, 5.41) is 9.51. The predicted octanol–water partition coefficient (Wildman–Crippen LogP) is -0.213. The number of hydrogen-bond acceptors (Lipinski definition) is 4. The van der Waals surface area contributed by atoms with Gasteiger partial charge in [-0.15, -0.1) is 0 Å². The number of aromatic nitrogens is 1. The van der Waals surface area contributed by atoms with Crippen LogP contribution in [0, 0.1) is 6.92 Å². The van der Waals surface area contributed by atoms with Gasteiger partial charge in [0.25, 0.3) is 15.7 Å². The van der Waals surface area contributed by atoms with E-state index in [2.05, 4.69) is 0 Å². The van der Waals surface area contributed by atoms with Gasteiger partial charge >= 0.3 is 0 Å². The molecule has 0 spiro atoms. The van der Waals surface area contributed by atoms with Crippen LogP contribution in [-0.2, 0) is 22.9 Å². The van der Waals surface area contributed by atoms with Crippen molar-refractivity contribution in [3.63, 3.8) is 0 Å². The Labute approximate surface area is 86.5 Å². The van der Waals surface area contributed by atoms with Gasteiger partial charge in [-0.25, -0.2) is 0 Å². The fourth-order valence-electron chi connectivity index (χ4n) is 1.21. The third kappa shape index (κ3) is 2.57. The summed E-state index contributed by atoms with van der Waals surface area (Å²) in [6.07, 6.45) is 0. The Morgan fingerprint density at radius 1 is 1.47 bits per heavy atom. The molecule has 0 aliphatic heterocycles. The molecule has 0 aromatic carbocycles. The van der Waals surface area contributed by atoms with Gasteiger partial charge in [-0.3, -0.25) is 13.9 Å². The molecule has 1 heterocycles. The van der Waals surface area contributed by atoms with Crippen LogP contribution in [0.3, 0.4) is 0 Å². The molecule has 1 aromatic rings. The van der Waals surface area contributed by atoms with Crippen molar-refractivity contribution in [2.45, 2.75) is 12.7 Å². The molecular formula is C8H11NO5S. The van der Waals surface area contributed by atoms with Crippen LogP contribution >= 0.6 is 0 Å². The van der Waals surface area contributed by atoms with Crippen LogP contribution in [0.4, 0.5) is 0 Å². The van der Waals surface area contributed by atoms with E-state index in [-0.39, 0.29) is 5.56 Å². The maximum Gasteiger partial charge on any atom is 0.269 e. The summed E-state index contributed by atoms with van der Waals surface area (Å²) in [4.78, 5) is 11.2.